The third-order valence-electron chi connectivity index (χ3n) is 1.97. The van der Waals surface area contributed by atoms with Crippen molar-refractivity contribution >= 4 is 0 Å². The molecule has 0 fully saturated rings. The summed E-state index contributed by atoms with van der Waals surface area (Å²) in [6.45, 7) is 0. The van der Waals surface area contributed by atoms with Crippen LogP contribution in [0.5, 0.6) is 0 Å². The molecule has 2 rings (SSSR count). The summed E-state index contributed by atoms with van der Waals surface area (Å²) in [5.41, 5.74) is 1.67. The molecule has 0 saturated carbocycles. The summed E-state index contributed by atoms with van der Waals surface area (Å²) < 4.78 is 0. The molecule has 8 nitrogen and oxygen atoms in total. The summed E-state index contributed by atoms with van der Waals surface area (Å²) in [5.74, 6) is 0. The van der Waals surface area contributed by atoms with E-state index in [0.717, 1.165) is 11.4 Å². The molecule has 0 amide bonds. The van der Waals surface area contributed by atoms with Gasteiger partial charge >= 0.3 is 22.4 Å². The van der Waals surface area contributed by atoms with Gasteiger partial charge in [0.2, 0.25) is 0 Å². The van der Waals surface area contributed by atoms with Crippen LogP contribution in [0.1, 0.15) is 11.4 Å². The molecule has 0 atom stereocenters. The quantitative estimate of drug-likeness (QED) is 0.422. The van der Waals surface area contributed by atoms with Gasteiger partial charge in [-0.3, -0.25) is 9.97 Å². The van der Waals surface area contributed by atoms with E-state index in [0.29, 0.717) is 12.8 Å². The average molecular weight is 406 g/mol. The van der Waals surface area contributed by atoms with Gasteiger partial charge in [0, 0.05) is 12.4 Å². The van der Waals surface area contributed by atoms with Crippen LogP contribution in [-0.4, -0.2) is 15.1 Å². The zero-order chi connectivity index (χ0) is 16.6. The Bertz CT molecular complexity index is 571. The van der Waals surface area contributed by atoms with Gasteiger partial charge in [-0.25, -0.2) is 0 Å². The predicted octanol–water partition coefficient (Wildman–Crippen LogP) is 2.05. The molecular weight excluding hydrogens is 394 g/mol. The molecule has 23 heavy (non-hydrogen) atoms. The first kappa shape index (κ1) is 22.5. The van der Waals surface area contributed by atoms with Crippen molar-refractivity contribution in [3.63, 3.8) is 0 Å². The van der Waals surface area contributed by atoms with Crippen LogP contribution >= 0.6 is 0 Å². The number of rotatable bonds is 2. The van der Waals surface area contributed by atoms with Gasteiger partial charge in [0.1, 0.15) is 0 Å². The number of aromatic nitrogens is 2. The minimum atomic E-state index is -1.75. The van der Waals surface area contributed by atoms with Crippen molar-refractivity contribution in [1.82, 2.24) is 9.97 Å². The third kappa shape index (κ3) is 15.4. The number of pyridine rings is 2. The van der Waals surface area contributed by atoms with E-state index in [4.69, 9.17) is 25.8 Å². The van der Waals surface area contributed by atoms with Gasteiger partial charge in [0.25, 0.3) is 0 Å². The summed E-state index contributed by atoms with van der Waals surface area (Å²) in [4.78, 5) is 16.1. The second kappa shape index (κ2) is 15.6. The number of hydrogen-bond donors (Lipinski definition) is 0. The predicted molar refractivity (Wildman–Crippen MR) is 77.5 cm³/mol. The monoisotopic (exact) mass is 405 g/mol. The Labute approximate surface area is 148 Å². The number of nitriles is 2. The van der Waals surface area contributed by atoms with Gasteiger partial charge in [-0.05, 0) is 24.3 Å². The summed E-state index contributed by atoms with van der Waals surface area (Å²) in [5, 5.41) is 31.2. The molecule has 0 aromatic carbocycles. The van der Waals surface area contributed by atoms with E-state index in [1.54, 1.807) is 12.4 Å². The zero-order valence-corrected chi connectivity index (χ0v) is 13.3. The summed E-state index contributed by atoms with van der Waals surface area (Å²) in [6, 6.07) is 15.1. The topological polar surface area (TPSA) is 140 Å². The first-order chi connectivity index (χ1) is 10.6. The van der Waals surface area contributed by atoms with Gasteiger partial charge in [0.15, 0.2) is 0 Å². The van der Waals surface area contributed by atoms with Crippen LogP contribution in [0, 0.1) is 38.0 Å². The van der Waals surface area contributed by atoms with E-state index in [1.165, 1.54) is 0 Å². The number of hydrogen-bond acceptors (Lipinski definition) is 7. The standard InChI is InChI=1S/2C7H6N2.Ag.NO3/c2*8-5-4-7-3-1-2-6-9-7;;2-1(3)4/h2*1-3,6H,4H2;;/q;;+1;-1. The Hall–Kier alpha value is -2.78. The molecule has 0 aliphatic carbocycles. The molecule has 0 saturated heterocycles. The maximum atomic E-state index is 8.25. The molecule has 0 spiro atoms. The largest absolute Gasteiger partial charge is 1.00 e. The van der Waals surface area contributed by atoms with Gasteiger partial charge in [0.05, 0.1) is 41.5 Å². The molecule has 0 bridgehead atoms. The Morgan fingerprint density at radius 3 is 1.48 bits per heavy atom. The van der Waals surface area contributed by atoms with E-state index in [9.17, 15) is 0 Å². The Morgan fingerprint density at radius 2 is 1.26 bits per heavy atom. The van der Waals surface area contributed by atoms with E-state index >= 15 is 0 Å². The summed E-state index contributed by atoms with van der Waals surface area (Å²) >= 11 is 0. The maximum Gasteiger partial charge on any atom is 1.00 e. The van der Waals surface area contributed by atoms with Crippen molar-refractivity contribution in [2.24, 2.45) is 0 Å². The Kier molecular flexibility index (Phi) is 15.3. The van der Waals surface area contributed by atoms with Crippen molar-refractivity contribution in [3.8, 4) is 12.1 Å². The minimum Gasteiger partial charge on any atom is -0.356 e. The summed E-state index contributed by atoms with van der Waals surface area (Å²) in [7, 11) is 0. The van der Waals surface area contributed by atoms with Gasteiger partial charge in [-0.15, -0.1) is 0 Å². The van der Waals surface area contributed by atoms with Crippen molar-refractivity contribution in [2.75, 3.05) is 0 Å². The van der Waals surface area contributed by atoms with Crippen molar-refractivity contribution < 1.29 is 27.5 Å². The zero-order valence-electron chi connectivity index (χ0n) is 11.8. The first-order valence-electron chi connectivity index (χ1n) is 5.95. The molecule has 0 radical (unpaired) electrons. The SMILES string of the molecule is N#CCc1ccccn1.N#CCc1ccccn1.O=[N+]([O-])[O-].[Ag+]. The molecule has 0 aliphatic rings. The third-order valence-corrected chi connectivity index (χ3v) is 1.97. The number of nitrogens with zero attached hydrogens (tertiary/aromatic N) is 5. The second-order valence-electron chi connectivity index (χ2n) is 3.54. The van der Waals surface area contributed by atoms with Crippen LogP contribution in [-0.2, 0) is 35.2 Å². The fourth-order valence-electron chi connectivity index (χ4n) is 1.17. The second-order valence-corrected chi connectivity index (χ2v) is 3.54. The van der Waals surface area contributed by atoms with E-state index in [2.05, 4.69) is 9.97 Å². The molecule has 2 heterocycles. The summed E-state index contributed by atoms with van der Waals surface area (Å²) in [6.07, 6.45) is 4.18. The molecule has 0 aliphatic heterocycles. The molecule has 122 valence electrons. The Balaban J connectivity index is 0. The van der Waals surface area contributed by atoms with E-state index in [-0.39, 0.29) is 22.4 Å². The minimum absolute atomic E-state index is 0. The van der Waals surface area contributed by atoms with Crippen LogP contribution < -0.4 is 0 Å². The van der Waals surface area contributed by atoms with Crippen molar-refractivity contribution in [3.05, 3.63) is 75.5 Å². The van der Waals surface area contributed by atoms with Crippen LogP contribution in [0.3, 0.4) is 0 Å². The normalized spacial score (nSPS) is 7.57. The van der Waals surface area contributed by atoms with Crippen LogP contribution in [0.15, 0.2) is 48.8 Å². The molecule has 2 aromatic heterocycles. The van der Waals surface area contributed by atoms with Crippen LogP contribution in [0.4, 0.5) is 0 Å². The van der Waals surface area contributed by atoms with Gasteiger partial charge < -0.3 is 15.3 Å². The fourth-order valence-corrected chi connectivity index (χ4v) is 1.17. The first-order valence-corrected chi connectivity index (χ1v) is 5.95. The van der Waals surface area contributed by atoms with Crippen LogP contribution in [0.2, 0.25) is 0 Å². The average Bonchev–Trinajstić information content (AvgIpc) is 2.50. The van der Waals surface area contributed by atoms with Crippen LogP contribution in [0.25, 0.3) is 0 Å². The van der Waals surface area contributed by atoms with Crippen molar-refractivity contribution in [1.29, 1.82) is 10.5 Å². The van der Waals surface area contributed by atoms with Gasteiger partial charge in [-0.1, -0.05) is 12.1 Å². The van der Waals surface area contributed by atoms with Crippen molar-refractivity contribution in [2.45, 2.75) is 12.8 Å². The fraction of sp³-hybridized carbons (Fsp3) is 0.143. The molecule has 0 unspecified atom stereocenters. The molecule has 2 aromatic rings. The maximum absolute atomic E-state index is 8.25. The van der Waals surface area contributed by atoms with Gasteiger partial charge in [-0.2, -0.15) is 10.5 Å². The molecule has 0 N–H and O–H groups in total. The molecular formula is C14H12AgN5O3. The van der Waals surface area contributed by atoms with E-state index in [1.807, 2.05) is 48.5 Å². The molecule has 9 heteroatoms. The smallest absolute Gasteiger partial charge is 0.356 e. The Morgan fingerprint density at radius 1 is 0.913 bits per heavy atom. The van der Waals surface area contributed by atoms with E-state index < -0.39 is 5.09 Å².